The standard InChI is InChI=1S/C20H23N3O5S/c1-4-21(5-2)29(27,28)16-9-10-18-15(13-16)11-12-22(18)20(24)17-8-6-7-14(3)19(17)23(25)26/h6-10,13H,4-5,11-12H2,1-3H3. The minimum atomic E-state index is -3.60. The first-order valence-electron chi connectivity index (χ1n) is 9.41. The maximum Gasteiger partial charge on any atom is 0.285 e. The fourth-order valence-electron chi connectivity index (χ4n) is 3.68. The number of carbonyl (C=O) groups is 1. The molecule has 1 aliphatic rings. The van der Waals surface area contributed by atoms with Crippen molar-refractivity contribution in [1.82, 2.24) is 4.31 Å². The van der Waals surface area contributed by atoms with E-state index in [1.54, 1.807) is 45.0 Å². The van der Waals surface area contributed by atoms with Crippen molar-refractivity contribution in [3.05, 3.63) is 63.2 Å². The van der Waals surface area contributed by atoms with Crippen molar-refractivity contribution < 1.29 is 18.1 Å². The molecule has 0 aliphatic carbocycles. The number of nitrogens with zero attached hydrogens (tertiary/aromatic N) is 3. The maximum atomic E-state index is 13.1. The number of carbonyl (C=O) groups excluding carboxylic acids is 1. The monoisotopic (exact) mass is 417 g/mol. The second kappa shape index (κ2) is 7.92. The van der Waals surface area contributed by atoms with Crippen molar-refractivity contribution in [3.63, 3.8) is 0 Å². The van der Waals surface area contributed by atoms with Crippen molar-refractivity contribution in [3.8, 4) is 0 Å². The van der Waals surface area contributed by atoms with Crippen LogP contribution in [0.5, 0.6) is 0 Å². The smallest absolute Gasteiger partial charge is 0.285 e. The molecule has 1 amide bonds. The molecule has 0 fully saturated rings. The number of hydrogen-bond donors (Lipinski definition) is 0. The van der Waals surface area contributed by atoms with E-state index >= 15 is 0 Å². The van der Waals surface area contributed by atoms with Gasteiger partial charge < -0.3 is 4.90 Å². The number of amides is 1. The lowest BCUT2D eigenvalue weighted by Gasteiger charge is -2.20. The number of nitro benzene ring substituents is 1. The molecule has 154 valence electrons. The Kier molecular flexibility index (Phi) is 5.72. The van der Waals surface area contributed by atoms with Gasteiger partial charge in [-0.05, 0) is 43.2 Å². The highest BCUT2D eigenvalue weighted by Crippen LogP contribution is 2.34. The number of para-hydroxylation sites is 1. The molecule has 0 radical (unpaired) electrons. The molecule has 9 heteroatoms. The van der Waals surface area contributed by atoms with E-state index in [0.717, 1.165) is 5.56 Å². The summed E-state index contributed by atoms with van der Waals surface area (Å²) < 4.78 is 26.9. The molecule has 0 aromatic heterocycles. The van der Waals surface area contributed by atoms with E-state index in [9.17, 15) is 23.3 Å². The molecule has 2 aromatic carbocycles. The normalized spacial score (nSPS) is 13.6. The first kappa shape index (κ1) is 20.9. The van der Waals surface area contributed by atoms with Crippen LogP contribution in [0, 0.1) is 17.0 Å². The second-order valence-electron chi connectivity index (χ2n) is 6.81. The molecule has 3 rings (SSSR count). The molecule has 0 unspecified atom stereocenters. The second-order valence-corrected chi connectivity index (χ2v) is 8.75. The van der Waals surface area contributed by atoms with Crippen molar-refractivity contribution in [1.29, 1.82) is 0 Å². The van der Waals surface area contributed by atoms with Crippen molar-refractivity contribution >= 4 is 27.3 Å². The molecule has 0 bridgehead atoms. The van der Waals surface area contributed by atoms with Gasteiger partial charge in [0, 0.05) is 30.9 Å². The zero-order valence-corrected chi connectivity index (χ0v) is 17.4. The quantitative estimate of drug-likeness (QED) is 0.531. The molecule has 0 saturated carbocycles. The van der Waals surface area contributed by atoms with E-state index < -0.39 is 20.9 Å². The molecule has 0 spiro atoms. The molecule has 0 atom stereocenters. The number of benzene rings is 2. The van der Waals surface area contributed by atoms with Crippen LogP contribution in [-0.4, -0.2) is 43.2 Å². The predicted molar refractivity (Wildman–Crippen MR) is 110 cm³/mol. The lowest BCUT2D eigenvalue weighted by atomic mass is 10.1. The van der Waals surface area contributed by atoms with E-state index in [-0.39, 0.29) is 16.1 Å². The molecule has 0 saturated heterocycles. The van der Waals surface area contributed by atoms with Crippen LogP contribution in [0.1, 0.15) is 35.3 Å². The van der Waals surface area contributed by atoms with Crippen molar-refractivity contribution in [2.24, 2.45) is 0 Å². The summed E-state index contributed by atoms with van der Waals surface area (Å²) in [6.07, 6.45) is 0.488. The summed E-state index contributed by atoms with van der Waals surface area (Å²) in [5, 5.41) is 11.4. The Balaban J connectivity index is 1.99. The average Bonchev–Trinajstić information content (AvgIpc) is 3.10. The van der Waals surface area contributed by atoms with E-state index in [2.05, 4.69) is 0 Å². The number of nitro groups is 1. The van der Waals surface area contributed by atoms with Gasteiger partial charge >= 0.3 is 0 Å². The number of hydrogen-bond acceptors (Lipinski definition) is 5. The SMILES string of the molecule is CCN(CC)S(=O)(=O)c1ccc2c(c1)CCN2C(=O)c1cccc(C)c1[N+](=O)[O-]. The Morgan fingerprint density at radius 1 is 1.21 bits per heavy atom. The first-order chi connectivity index (χ1) is 13.7. The van der Waals surface area contributed by atoms with E-state index in [4.69, 9.17) is 0 Å². The van der Waals surface area contributed by atoms with Crippen LogP contribution in [0.4, 0.5) is 11.4 Å². The molecular weight excluding hydrogens is 394 g/mol. The number of sulfonamides is 1. The summed E-state index contributed by atoms with van der Waals surface area (Å²) in [6.45, 7) is 6.24. The van der Waals surface area contributed by atoms with Gasteiger partial charge in [0.2, 0.25) is 10.0 Å². The zero-order valence-electron chi connectivity index (χ0n) is 16.6. The molecule has 8 nitrogen and oxygen atoms in total. The predicted octanol–water partition coefficient (Wildman–Crippen LogP) is 3.14. The summed E-state index contributed by atoms with van der Waals surface area (Å²) >= 11 is 0. The van der Waals surface area contributed by atoms with Crippen LogP contribution in [0.2, 0.25) is 0 Å². The highest BCUT2D eigenvalue weighted by Gasteiger charge is 2.32. The lowest BCUT2D eigenvalue weighted by Crippen LogP contribution is -2.31. The Morgan fingerprint density at radius 2 is 1.90 bits per heavy atom. The van der Waals surface area contributed by atoms with Crippen LogP contribution < -0.4 is 4.90 Å². The zero-order chi connectivity index (χ0) is 21.3. The minimum Gasteiger partial charge on any atom is -0.308 e. The summed E-state index contributed by atoms with van der Waals surface area (Å²) in [5.41, 5.74) is 1.57. The van der Waals surface area contributed by atoms with Crippen molar-refractivity contribution in [2.45, 2.75) is 32.1 Å². The van der Waals surface area contributed by atoms with E-state index in [0.29, 0.717) is 37.3 Å². The summed E-state index contributed by atoms with van der Waals surface area (Å²) in [6, 6.07) is 9.36. The van der Waals surface area contributed by atoms with Gasteiger partial charge in [0.25, 0.3) is 11.6 Å². The van der Waals surface area contributed by atoms with E-state index in [1.807, 2.05) is 0 Å². The molecule has 0 N–H and O–H groups in total. The Hall–Kier alpha value is -2.78. The first-order valence-corrected chi connectivity index (χ1v) is 10.8. The van der Waals surface area contributed by atoms with Gasteiger partial charge in [-0.1, -0.05) is 26.0 Å². The van der Waals surface area contributed by atoms with E-state index in [1.165, 1.54) is 21.3 Å². The van der Waals surface area contributed by atoms with Crippen LogP contribution in [0.25, 0.3) is 0 Å². The molecular formula is C20H23N3O5S. The van der Waals surface area contributed by atoms with Gasteiger partial charge in [-0.3, -0.25) is 14.9 Å². The fraction of sp³-hybridized carbons (Fsp3) is 0.350. The minimum absolute atomic E-state index is 0.0303. The third kappa shape index (κ3) is 3.63. The molecule has 1 heterocycles. The number of anilines is 1. The summed E-state index contributed by atoms with van der Waals surface area (Å²) in [4.78, 5) is 25.6. The average molecular weight is 417 g/mol. The van der Waals surface area contributed by atoms with Gasteiger partial charge in [0.15, 0.2) is 0 Å². The summed E-state index contributed by atoms with van der Waals surface area (Å²) in [5.74, 6) is -0.460. The molecule has 1 aliphatic heterocycles. The molecule has 2 aromatic rings. The highest BCUT2D eigenvalue weighted by molar-refractivity contribution is 7.89. The van der Waals surface area contributed by atoms with Gasteiger partial charge in [-0.25, -0.2) is 8.42 Å². The van der Waals surface area contributed by atoms with Crippen molar-refractivity contribution in [2.75, 3.05) is 24.5 Å². The van der Waals surface area contributed by atoms with Crippen LogP contribution in [0.15, 0.2) is 41.3 Å². The van der Waals surface area contributed by atoms with Gasteiger partial charge in [-0.2, -0.15) is 4.31 Å². The fourth-order valence-corrected chi connectivity index (χ4v) is 5.19. The molecule has 29 heavy (non-hydrogen) atoms. The number of aryl methyl sites for hydroxylation is 1. The van der Waals surface area contributed by atoms with Gasteiger partial charge in [0.1, 0.15) is 5.56 Å². The van der Waals surface area contributed by atoms with Gasteiger partial charge in [-0.15, -0.1) is 0 Å². The Bertz CT molecular complexity index is 1080. The Labute approximate surface area is 169 Å². The topological polar surface area (TPSA) is 101 Å². The van der Waals surface area contributed by atoms with Crippen LogP contribution >= 0.6 is 0 Å². The number of rotatable bonds is 6. The maximum absolute atomic E-state index is 13.1. The van der Waals surface area contributed by atoms with Gasteiger partial charge in [0.05, 0.1) is 9.82 Å². The Morgan fingerprint density at radius 3 is 2.52 bits per heavy atom. The number of fused-ring (bicyclic) bond motifs is 1. The third-order valence-corrected chi connectivity index (χ3v) is 7.23. The summed E-state index contributed by atoms with van der Waals surface area (Å²) in [7, 11) is -3.60. The van der Waals surface area contributed by atoms with Crippen LogP contribution in [-0.2, 0) is 16.4 Å². The lowest BCUT2D eigenvalue weighted by molar-refractivity contribution is -0.385. The highest BCUT2D eigenvalue weighted by atomic mass is 32.2. The van der Waals surface area contributed by atoms with Crippen LogP contribution in [0.3, 0.4) is 0 Å². The largest absolute Gasteiger partial charge is 0.308 e. The third-order valence-electron chi connectivity index (χ3n) is 5.19.